The Morgan fingerprint density at radius 1 is 1.56 bits per heavy atom. The molecular weight excluding hydrogens is 209 g/mol. The lowest BCUT2D eigenvalue weighted by molar-refractivity contribution is 0.318. The number of nitrogens with two attached hydrogens (primary N) is 1. The lowest BCUT2D eigenvalue weighted by Crippen LogP contribution is -2.16. The van der Waals surface area contributed by atoms with Crippen molar-refractivity contribution in [1.29, 1.82) is 0 Å². The second kappa shape index (κ2) is 6.07. The third-order valence-corrected chi connectivity index (χ3v) is 2.20. The summed E-state index contributed by atoms with van der Waals surface area (Å²) in [6.07, 6.45) is 1.00. The van der Waals surface area contributed by atoms with Crippen LogP contribution in [-0.4, -0.2) is 17.6 Å². The first kappa shape index (κ1) is 12.4. The molecule has 0 aliphatic carbocycles. The van der Waals surface area contributed by atoms with Crippen molar-refractivity contribution in [3.63, 3.8) is 0 Å². The van der Waals surface area contributed by atoms with Crippen LogP contribution in [0.5, 0.6) is 0 Å². The van der Waals surface area contributed by atoms with Gasteiger partial charge in [-0.15, -0.1) is 0 Å². The smallest absolute Gasteiger partial charge is 0.170 e. The van der Waals surface area contributed by atoms with Crippen molar-refractivity contribution < 1.29 is 9.60 Å². The van der Waals surface area contributed by atoms with Gasteiger partial charge >= 0.3 is 0 Å². The number of hydrogen-bond donors (Lipinski definition) is 3. The van der Waals surface area contributed by atoms with Crippen LogP contribution >= 0.6 is 0 Å². The average Bonchev–Trinajstić information content (AvgIpc) is 2.30. The molecule has 0 aromatic heterocycles. The van der Waals surface area contributed by atoms with Crippen LogP contribution in [0.2, 0.25) is 0 Å². The van der Waals surface area contributed by atoms with Crippen molar-refractivity contribution in [3.8, 4) is 0 Å². The number of oxime groups is 1. The molecule has 0 bridgehead atoms. The number of amidine groups is 1. The Hall–Kier alpha value is -1.62. The van der Waals surface area contributed by atoms with Gasteiger partial charge in [-0.05, 0) is 19.0 Å². The molecule has 16 heavy (non-hydrogen) atoms. The van der Waals surface area contributed by atoms with E-state index in [1.165, 1.54) is 6.07 Å². The molecule has 4 nitrogen and oxygen atoms in total. The molecule has 0 aliphatic rings. The van der Waals surface area contributed by atoms with Gasteiger partial charge in [0, 0.05) is 17.7 Å². The van der Waals surface area contributed by atoms with E-state index in [0.29, 0.717) is 17.7 Å². The summed E-state index contributed by atoms with van der Waals surface area (Å²) in [6.45, 7) is 3.38. The highest BCUT2D eigenvalue weighted by molar-refractivity contribution is 5.97. The Balaban J connectivity index is 2.75. The zero-order chi connectivity index (χ0) is 12.0. The van der Waals surface area contributed by atoms with Gasteiger partial charge in [0.1, 0.15) is 5.82 Å². The van der Waals surface area contributed by atoms with Crippen LogP contribution in [0.1, 0.15) is 24.5 Å². The summed E-state index contributed by atoms with van der Waals surface area (Å²) in [5, 5.41) is 14.4. The Bertz CT molecular complexity index is 379. The van der Waals surface area contributed by atoms with Crippen molar-refractivity contribution in [2.75, 3.05) is 6.54 Å². The maximum Gasteiger partial charge on any atom is 0.170 e. The Kier molecular flexibility index (Phi) is 4.72. The molecule has 88 valence electrons. The van der Waals surface area contributed by atoms with Gasteiger partial charge in [-0.3, -0.25) is 0 Å². The third-order valence-electron chi connectivity index (χ3n) is 2.20. The van der Waals surface area contributed by atoms with Gasteiger partial charge in [0.2, 0.25) is 0 Å². The van der Waals surface area contributed by atoms with Gasteiger partial charge in [-0.25, -0.2) is 4.39 Å². The van der Waals surface area contributed by atoms with Crippen LogP contribution < -0.4 is 11.1 Å². The maximum absolute atomic E-state index is 13.5. The predicted molar refractivity (Wildman–Crippen MR) is 60.9 cm³/mol. The van der Waals surface area contributed by atoms with E-state index in [9.17, 15) is 4.39 Å². The first-order valence-corrected chi connectivity index (χ1v) is 5.16. The lowest BCUT2D eigenvalue weighted by Gasteiger charge is -2.06. The number of nitrogens with zero attached hydrogens (tertiary/aromatic N) is 1. The van der Waals surface area contributed by atoms with E-state index in [1.54, 1.807) is 12.1 Å². The fourth-order valence-electron chi connectivity index (χ4n) is 1.31. The molecule has 1 aromatic rings. The topological polar surface area (TPSA) is 70.6 Å². The molecule has 4 N–H and O–H groups in total. The van der Waals surface area contributed by atoms with E-state index < -0.39 is 0 Å². The van der Waals surface area contributed by atoms with Crippen molar-refractivity contribution in [2.24, 2.45) is 10.9 Å². The number of benzene rings is 1. The summed E-state index contributed by atoms with van der Waals surface area (Å²) in [6, 6.07) is 4.52. The molecule has 0 aliphatic heterocycles. The summed E-state index contributed by atoms with van der Waals surface area (Å²) in [5.41, 5.74) is 6.30. The van der Waals surface area contributed by atoms with Gasteiger partial charge in [0.05, 0.1) is 0 Å². The highest BCUT2D eigenvalue weighted by atomic mass is 19.1. The van der Waals surface area contributed by atoms with E-state index >= 15 is 0 Å². The van der Waals surface area contributed by atoms with Gasteiger partial charge in [-0.2, -0.15) is 0 Å². The Morgan fingerprint density at radius 3 is 2.88 bits per heavy atom. The summed E-state index contributed by atoms with van der Waals surface area (Å²) in [7, 11) is 0. The van der Waals surface area contributed by atoms with Crippen LogP contribution in [0.25, 0.3) is 0 Å². The molecule has 0 saturated heterocycles. The van der Waals surface area contributed by atoms with E-state index in [2.05, 4.69) is 10.5 Å². The number of hydrogen-bond acceptors (Lipinski definition) is 3. The standard InChI is InChI=1S/C11H16FN3O/c1-2-5-14-7-9-4-3-8(6-10(9)12)11(13)15-16/h3-4,6,14,16H,2,5,7H2,1H3,(H2,13,15). The fourth-order valence-corrected chi connectivity index (χ4v) is 1.31. The molecule has 0 fully saturated rings. The van der Waals surface area contributed by atoms with Crippen LogP contribution in [0.4, 0.5) is 4.39 Å². The third kappa shape index (κ3) is 3.20. The molecular formula is C11H16FN3O. The highest BCUT2D eigenvalue weighted by Gasteiger charge is 2.05. The first-order valence-electron chi connectivity index (χ1n) is 5.16. The van der Waals surface area contributed by atoms with Gasteiger partial charge in [0.25, 0.3) is 0 Å². The number of rotatable bonds is 5. The van der Waals surface area contributed by atoms with Crippen molar-refractivity contribution in [2.45, 2.75) is 19.9 Å². The first-order chi connectivity index (χ1) is 7.69. The highest BCUT2D eigenvalue weighted by Crippen LogP contribution is 2.10. The molecule has 5 heteroatoms. The SMILES string of the molecule is CCCNCc1ccc(C(N)=NO)cc1F. The summed E-state index contributed by atoms with van der Waals surface area (Å²) < 4.78 is 13.5. The van der Waals surface area contributed by atoms with Crippen LogP contribution in [-0.2, 0) is 6.54 Å². The number of nitrogens with one attached hydrogen (secondary N) is 1. The Morgan fingerprint density at radius 2 is 2.31 bits per heavy atom. The minimum Gasteiger partial charge on any atom is -0.409 e. The van der Waals surface area contributed by atoms with Gasteiger partial charge in [0.15, 0.2) is 5.84 Å². The molecule has 0 amide bonds. The minimum atomic E-state index is -0.354. The summed E-state index contributed by atoms with van der Waals surface area (Å²) in [5.74, 6) is -0.445. The van der Waals surface area contributed by atoms with E-state index in [0.717, 1.165) is 13.0 Å². The molecule has 1 rings (SSSR count). The van der Waals surface area contributed by atoms with Crippen LogP contribution in [0, 0.1) is 5.82 Å². The lowest BCUT2D eigenvalue weighted by atomic mass is 10.1. The normalized spacial score (nSPS) is 11.8. The molecule has 0 heterocycles. The van der Waals surface area contributed by atoms with Crippen LogP contribution in [0.15, 0.2) is 23.4 Å². The molecule has 0 unspecified atom stereocenters. The van der Waals surface area contributed by atoms with Crippen molar-refractivity contribution >= 4 is 5.84 Å². The zero-order valence-electron chi connectivity index (χ0n) is 9.20. The van der Waals surface area contributed by atoms with Gasteiger partial charge < -0.3 is 16.3 Å². The van der Waals surface area contributed by atoms with Gasteiger partial charge in [-0.1, -0.05) is 24.2 Å². The van der Waals surface area contributed by atoms with E-state index in [-0.39, 0.29) is 11.7 Å². The van der Waals surface area contributed by atoms with Crippen molar-refractivity contribution in [1.82, 2.24) is 5.32 Å². The predicted octanol–water partition coefficient (Wildman–Crippen LogP) is 1.42. The fraction of sp³-hybridized carbons (Fsp3) is 0.364. The average molecular weight is 225 g/mol. The molecule has 0 spiro atoms. The van der Waals surface area contributed by atoms with Crippen molar-refractivity contribution in [3.05, 3.63) is 35.1 Å². The second-order valence-electron chi connectivity index (χ2n) is 3.47. The van der Waals surface area contributed by atoms with Crippen LogP contribution in [0.3, 0.4) is 0 Å². The Labute approximate surface area is 94.0 Å². The largest absolute Gasteiger partial charge is 0.409 e. The minimum absolute atomic E-state index is 0.0908. The zero-order valence-corrected chi connectivity index (χ0v) is 9.20. The van der Waals surface area contributed by atoms with E-state index in [1.807, 2.05) is 6.92 Å². The quantitative estimate of drug-likeness (QED) is 0.233. The summed E-state index contributed by atoms with van der Waals surface area (Å²) >= 11 is 0. The monoisotopic (exact) mass is 225 g/mol. The van der Waals surface area contributed by atoms with E-state index in [4.69, 9.17) is 10.9 Å². The molecule has 0 saturated carbocycles. The second-order valence-corrected chi connectivity index (χ2v) is 3.47. The summed E-state index contributed by atoms with van der Waals surface area (Å²) in [4.78, 5) is 0. The molecule has 1 aromatic carbocycles. The number of halogens is 1. The molecule has 0 atom stereocenters. The molecule has 0 radical (unpaired) electrons. The maximum atomic E-state index is 13.5.